The Morgan fingerprint density at radius 1 is 1.63 bits per heavy atom. The van der Waals surface area contributed by atoms with Crippen LogP contribution in [0.2, 0.25) is 0 Å². The fraction of sp³-hybridized carbons (Fsp3) is 0.400. The van der Waals surface area contributed by atoms with Crippen LogP contribution >= 0.6 is 0 Å². The highest BCUT2D eigenvalue weighted by Crippen LogP contribution is 2.28. The minimum absolute atomic E-state index is 0.00654. The average Bonchev–Trinajstić information content (AvgIpc) is 2.90. The molecule has 0 radical (unpaired) electrons. The van der Waals surface area contributed by atoms with E-state index in [-0.39, 0.29) is 5.69 Å². The van der Waals surface area contributed by atoms with E-state index < -0.39 is 4.92 Å². The normalized spacial score (nSPS) is 10.6. The van der Waals surface area contributed by atoms with Gasteiger partial charge in [-0.1, -0.05) is 6.92 Å². The number of rotatable bonds is 5. The van der Waals surface area contributed by atoms with E-state index in [0.717, 1.165) is 5.56 Å². The van der Waals surface area contributed by atoms with Gasteiger partial charge in [-0.05, 0) is 6.42 Å². The first kappa shape index (κ1) is 12.9. The fourth-order valence-electron chi connectivity index (χ4n) is 1.84. The van der Waals surface area contributed by atoms with E-state index in [9.17, 15) is 10.1 Å². The highest BCUT2D eigenvalue weighted by atomic mass is 16.6. The summed E-state index contributed by atoms with van der Waals surface area (Å²) in [6.45, 7) is 2.17. The molecule has 2 rings (SSSR count). The summed E-state index contributed by atoms with van der Waals surface area (Å²) in [5.41, 5.74) is 6.86. The molecule has 0 aliphatic carbocycles. The van der Waals surface area contributed by atoms with Crippen molar-refractivity contribution in [2.75, 3.05) is 11.1 Å². The Morgan fingerprint density at radius 3 is 2.89 bits per heavy atom. The Hall–Kier alpha value is -2.58. The molecular formula is C10H15N7O2. The third-order valence-electron chi connectivity index (χ3n) is 2.81. The quantitative estimate of drug-likeness (QED) is 0.542. The van der Waals surface area contributed by atoms with Crippen molar-refractivity contribution in [1.82, 2.24) is 20.0 Å². The molecule has 4 N–H and O–H groups in total. The number of nitrogen functional groups attached to an aromatic ring is 1. The van der Waals surface area contributed by atoms with Gasteiger partial charge in [0.05, 0.1) is 11.1 Å². The summed E-state index contributed by atoms with van der Waals surface area (Å²) in [4.78, 5) is 10.7. The lowest BCUT2D eigenvalue weighted by molar-refractivity contribution is -0.384. The summed E-state index contributed by atoms with van der Waals surface area (Å²) >= 11 is 0. The summed E-state index contributed by atoms with van der Waals surface area (Å²) in [5, 5.41) is 24.6. The number of hydrogen-bond donors (Lipinski definition) is 3. The molecule has 0 amide bonds. The molecule has 0 fully saturated rings. The first-order valence-corrected chi connectivity index (χ1v) is 5.76. The first-order valence-electron chi connectivity index (χ1n) is 5.76. The maximum atomic E-state index is 11.1. The standard InChI is InChI=1S/C10H15N7O2/c1-3-7-8(17(18)19)10(16(2)15-7)12-4-6-5-13-14-9(6)11/h5,12H,3-4H2,1-2H3,(H3,11,13,14). The van der Waals surface area contributed by atoms with Crippen LogP contribution in [0.4, 0.5) is 17.3 Å². The SMILES string of the molecule is CCc1nn(C)c(NCc2cn[nH]c2N)c1[N+](=O)[O-]. The zero-order chi connectivity index (χ0) is 14.0. The molecular weight excluding hydrogens is 250 g/mol. The number of nitrogens with one attached hydrogen (secondary N) is 2. The second-order valence-electron chi connectivity index (χ2n) is 4.04. The lowest BCUT2D eigenvalue weighted by Gasteiger charge is -2.05. The fourth-order valence-corrected chi connectivity index (χ4v) is 1.84. The molecule has 19 heavy (non-hydrogen) atoms. The number of nitrogens with two attached hydrogens (primary N) is 1. The number of aromatic amines is 1. The molecule has 2 aromatic heterocycles. The van der Waals surface area contributed by atoms with Gasteiger partial charge in [-0.2, -0.15) is 10.2 Å². The Balaban J connectivity index is 2.27. The zero-order valence-electron chi connectivity index (χ0n) is 10.7. The van der Waals surface area contributed by atoms with Crippen LogP contribution in [0.5, 0.6) is 0 Å². The van der Waals surface area contributed by atoms with Gasteiger partial charge in [0.2, 0.25) is 5.82 Å². The average molecular weight is 265 g/mol. The second-order valence-corrected chi connectivity index (χ2v) is 4.04. The minimum Gasteiger partial charge on any atom is -0.384 e. The monoisotopic (exact) mass is 265 g/mol. The van der Waals surface area contributed by atoms with Gasteiger partial charge in [0.15, 0.2) is 0 Å². The molecule has 2 heterocycles. The number of hydrogen-bond acceptors (Lipinski definition) is 6. The van der Waals surface area contributed by atoms with E-state index in [4.69, 9.17) is 5.73 Å². The summed E-state index contributed by atoms with van der Waals surface area (Å²) < 4.78 is 1.47. The number of anilines is 2. The van der Waals surface area contributed by atoms with E-state index in [0.29, 0.717) is 30.3 Å². The Labute approximate surface area is 108 Å². The van der Waals surface area contributed by atoms with Crippen LogP contribution in [0.15, 0.2) is 6.20 Å². The van der Waals surface area contributed by atoms with Crippen molar-refractivity contribution in [3.8, 4) is 0 Å². The zero-order valence-corrected chi connectivity index (χ0v) is 10.7. The van der Waals surface area contributed by atoms with Gasteiger partial charge in [0.25, 0.3) is 0 Å². The van der Waals surface area contributed by atoms with Crippen LogP contribution in [0.1, 0.15) is 18.2 Å². The molecule has 102 valence electrons. The highest BCUT2D eigenvalue weighted by Gasteiger charge is 2.25. The van der Waals surface area contributed by atoms with Crippen molar-refractivity contribution in [3.63, 3.8) is 0 Å². The highest BCUT2D eigenvalue weighted by molar-refractivity contribution is 5.60. The lowest BCUT2D eigenvalue weighted by Crippen LogP contribution is -2.07. The van der Waals surface area contributed by atoms with Gasteiger partial charge in [-0.25, -0.2) is 4.68 Å². The molecule has 0 spiro atoms. The molecule has 9 nitrogen and oxygen atoms in total. The van der Waals surface area contributed by atoms with E-state index >= 15 is 0 Å². The van der Waals surface area contributed by atoms with Crippen molar-refractivity contribution < 1.29 is 4.92 Å². The van der Waals surface area contributed by atoms with Crippen LogP contribution in [0.25, 0.3) is 0 Å². The van der Waals surface area contributed by atoms with Crippen molar-refractivity contribution in [2.24, 2.45) is 7.05 Å². The maximum Gasteiger partial charge on any atom is 0.333 e. The van der Waals surface area contributed by atoms with Crippen molar-refractivity contribution in [2.45, 2.75) is 19.9 Å². The van der Waals surface area contributed by atoms with Crippen LogP contribution in [0.3, 0.4) is 0 Å². The Kier molecular flexibility index (Phi) is 3.36. The minimum atomic E-state index is -0.424. The van der Waals surface area contributed by atoms with Gasteiger partial charge < -0.3 is 11.1 Å². The summed E-state index contributed by atoms with van der Waals surface area (Å²) in [7, 11) is 1.66. The summed E-state index contributed by atoms with van der Waals surface area (Å²) in [6.07, 6.45) is 2.07. The molecule has 0 aromatic carbocycles. The van der Waals surface area contributed by atoms with Crippen molar-refractivity contribution >= 4 is 17.3 Å². The predicted octanol–water partition coefficient (Wildman–Crippen LogP) is 0.808. The summed E-state index contributed by atoms with van der Waals surface area (Å²) in [5.74, 6) is 0.801. The molecule has 0 saturated heterocycles. The largest absolute Gasteiger partial charge is 0.384 e. The lowest BCUT2D eigenvalue weighted by atomic mass is 10.3. The predicted molar refractivity (Wildman–Crippen MR) is 69.6 cm³/mol. The van der Waals surface area contributed by atoms with Gasteiger partial charge in [0, 0.05) is 19.2 Å². The Morgan fingerprint density at radius 2 is 2.37 bits per heavy atom. The van der Waals surface area contributed by atoms with Crippen LogP contribution in [-0.2, 0) is 20.0 Å². The Bertz CT molecular complexity index is 601. The number of H-pyrrole nitrogens is 1. The van der Waals surface area contributed by atoms with Crippen LogP contribution < -0.4 is 11.1 Å². The van der Waals surface area contributed by atoms with Gasteiger partial charge in [-0.3, -0.25) is 15.2 Å². The molecule has 0 atom stereocenters. The smallest absolute Gasteiger partial charge is 0.333 e. The third-order valence-corrected chi connectivity index (χ3v) is 2.81. The number of nitro groups is 1. The molecule has 0 unspecified atom stereocenters. The van der Waals surface area contributed by atoms with Gasteiger partial charge >= 0.3 is 5.69 Å². The third kappa shape index (κ3) is 2.34. The van der Waals surface area contributed by atoms with Crippen LogP contribution in [0, 0.1) is 10.1 Å². The molecule has 0 aliphatic rings. The van der Waals surface area contributed by atoms with E-state index in [1.54, 1.807) is 13.2 Å². The topological polar surface area (TPSA) is 128 Å². The number of aromatic nitrogens is 4. The second kappa shape index (κ2) is 4.96. The molecule has 0 bridgehead atoms. The van der Waals surface area contributed by atoms with E-state index in [1.165, 1.54) is 4.68 Å². The first-order chi connectivity index (χ1) is 9.04. The molecule has 0 aliphatic heterocycles. The van der Waals surface area contributed by atoms with Crippen LogP contribution in [-0.4, -0.2) is 24.9 Å². The van der Waals surface area contributed by atoms with Gasteiger partial charge in [-0.15, -0.1) is 0 Å². The van der Waals surface area contributed by atoms with Gasteiger partial charge in [0.1, 0.15) is 11.5 Å². The van der Waals surface area contributed by atoms with Crippen molar-refractivity contribution in [3.05, 3.63) is 27.6 Å². The molecule has 0 saturated carbocycles. The van der Waals surface area contributed by atoms with Crippen molar-refractivity contribution in [1.29, 1.82) is 0 Å². The van der Waals surface area contributed by atoms with E-state index in [1.807, 2.05) is 6.92 Å². The number of nitrogens with zero attached hydrogens (tertiary/aromatic N) is 4. The number of aryl methyl sites for hydroxylation is 2. The molecule has 9 heteroatoms. The molecule has 2 aromatic rings. The summed E-state index contributed by atoms with van der Waals surface area (Å²) in [6, 6.07) is 0. The maximum absolute atomic E-state index is 11.1. The van der Waals surface area contributed by atoms with E-state index in [2.05, 4.69) is 20.6 Å².